The van der Waals surface area contributed by atoms with E-state index in [9.17, 15) is 4.79 Å². The van der Waals surface area contributed by atoms with Crippen molar-refractivity contribution in [2.24, 2.45) is 5.92 Å². The summed E-state index contributed by atoms with van der Waals surface area (Å²) < 4.78 is 5.10. The average Bonchev–Trinajstić information content (AvgIpc) is 2.69. The first-order valence-corrected chi connectivity index (χ1v) is 5.87. The van der Waals surface area contributed by atoms with Crippen molar-refractivity contribution < 1.29 is 9.53 Å². The smallest absolute Gasteiger partial charge is 0.414 e. The molecule has 0 unspecified atom stereocenters. The maximum atomic E-state index is 11.6. The first kappa shape index (κ1) is 11.7. The van der Waals surface area contributed by atoms with Crippen molar-refractivity contribution in [3.63, 3.8) is 0 Å². The van der Waals surface area contributed by atoms with Crippen molar-refractivity contribution in [1.82, 2.24) is 4.90 Å². The molecule has 0 saturated carbocycles. The summed E-state index contributed by atoms with van der Waals surface area (Å²) in [5, 5.41) is 0. The van der Waals surface area contributed by atoms with E-state index in [1.54, 1.807) is 4.90 Å². The molecule has 0 radical (unpaired) electrons. The molecule has 1 aliphatic rings. The van der Waals surface area contributed by atoms with Gasteiger partial charge in [-0.1, -0.05) is 50.3 Å². The third kappa shape index (κ3) is 2.67. The standard InChI is InChI=1S/C14H17NO2/c1-11(2)8-9-15-13(10-17-14(15)16)12-6-4-3-5-7-12/h3-9,11,13H,10H2,1-2H3/b9-8+/t13-/m0/s1. The molecule has 0 aromatic heterocycles. The lowest BCUT2D eigenvalue weighted by molar-refractivity contribution is 0.166. The summed E-state index contributed by atoms with van der Waals surface area (Å²) in [4.78, 5) is 13.3. The number of rotatable bonds is 3. The first-order chi connectivity index (χ1) is 8.18. The number of carbonyl (C=O) groups excluding carboxylic acids is 1. The summed E-state index contributed by atoms with van der Waals surface area (Å²) in [6.07, 6.45) is 3.57. The molecule has 1 saturated heterocycles. The Morgan fingerprint density at radius 1 is 1.35 bits per heavy atom. The zero-order chi connectivity index (χ0) is 12.3. The van der Waals surface area contributed by atoms with Gasteiger partial charge in [-0.3, -0.25) is 4.90 Å². The SMILES string of the molecule is CC(C)/C=C/N1C(=O)OC[C@H]1c1ccccc1. The lowest BCUT2D eigenvalue weighted by atomic mass is 10.1. The van der Waals surface area contributed by atoms with Gasteiger partial charge in [0.1, 0.15) is 6.61 Å². The molecular formula is C14H17NO2. The maximum Gasteiger partial charge on any atom is 0.414 e. The summed E-state index contributed by atoms with van der Waals surface area (Å²) in [6, 6.07) is 9.95. The summed E-state index contributed by atoms with van der Waals surface area (Å²) in [6.45, 7) is 4.58. The minimum atomic E-state index is -0.268. The van der Waals surface area contributed by atoms with Gasteiger partial charge in [-0.15, -0.1) is 0 Å². The molecule has 0 spiro atoms. The van der Waals surface area contributed by atoms with E-state index >= 15 is 0 Å². The Hall–Kier alpha value is -1.77. The minimum Gasteiger partial charge on any atom is -0.447 e. The van der Waals surface area contributed by atoms with Gasteiger partial charge in [0.15, 0.2) is 0 Å². The van der Waals surface area contributed by atoms with Crippen LogP contribution in [0, 0.1) is 5.92 Å². The number of benzene rings is 1. The lowest BCUT2D eigenvalue weighted by Gasteiger charge is -2.17. The number of hydrogen-bond acceptors (Lipinski definition) is 2. The number of hydrogen-bond donors (Lipinski definition) is 0. The van der Waals surface area contributed by atoms with E-state index in [0.29, 0.717) is 12.5 Å². The van der Waals surface area contributed by atoms with Gasteiger partial charge in [0.05, 0.1) is 6.04 Å². The van der Waals surface area contributed by atoms with Crippen molar-refractivity contribution in [3.05, 3.63) is 48.2 Å². The Morgan fingerprint density at radius 2 is 2.06 bits per heavy atom. The van der Waals surface area contributed by atoms with E-state index in [2.05, 4.69) is 13.8 Å². The predicted octanol–water partition coefficient (Wildman–Crippen LogP) is 3.35. The summed E-state index contributed by atoms with van der Waals surface area (Å²) >= 11 is 0. The van der Waals surface area contributed by atoms with Crippen molar-refractivity contribution in [3.8, 4) is 0 Å². The van der Waals surface area contributed by atoms with Crippen LogP contribution in [0.1, 0.15) is 25.5 Å². The molecule has 0 bridgehead atoms. The van der Waals surface area contributed by atoms with Crippen LogP contribution in [-0.4, -0.2) is 17.6 Å². The molecule has 1 fully saturated rings. The summed E-state index contributed by atoms with van der Waals surface area (Å²) in [5.41, 5.74) is 1.10. The molecule has 0 N–H and O–H groups in total. The number of allylic oxidation sites excluding steroid dienone is 1. The Morgan fingerprint density at radius 3 is 2.71 bits per heavy atom. The molecule has 3 nitrogen and oxygen atoms in total. The van der Waals surface area contributed by atoms with Crippen molar-refractivity contribution in [2.75, 3.05) is 6.61 Å². The van der Waals surface area contributed by atoms with Gasteiger partial charge < -0.3 is 4.74 Å². The van der Waals surface area contributed by atoms with E-state index in [0.717, 1.165) is 5.56 Å². The van der Waals surface area contributed by atoms with Crippen molar-refractivity contribution in [2.45, 2.75) is 19.9 Å². The second-order valence-electron chi connectivity index (χ2n) is 4.50. The van der Waals surface area contributed by atoms with Crippen LogP contribution < -0.4 is 0 Å². The van der Waals surface area contributed by atoms with Crippen molar-refractivity contribution >= 4 is 6.09 Å². The topological polar surface area (TPSA) is 29.5 Å². The Kier molecular flexibility index (Phi) is 3.47. The third-order valence-corrected chi connectivity index (χ3v) is 2.73. The van der Waals surface area contributed by atoms with Crippen LogP contribution >= 0.6 is 0 Å². The van der Waals surface area contributed by atoms with Gasteiger partial charge in [-0.25, -0.2) is 4.79 Å². The van der Waals surface area contributed by atoms with Gasteiger partial charge in [0.25, 0.3) is 0 Å². The fourth-order valence-electron chi connectivity index (χ4n) is 1.79. The van der Waals surface area contributed by atoms with Crippen LogP contribution in [0.25, 0.3) is 0 Å². The summed E-state index contributed by atoms with van der Waals surface area (Å²) in [5.74, 6) is 0.417. The van der Waals surface area contributed by atoms with E-state index in [1.807, 2.05) is 42.6 Å². The molecule has 1 amide bonds. The van der Waals surface area contributed by atoms with Gasteiger partial charge in [-0.05, 0) is 11.5 Å². The van der Waals surface area contributed by atoms with Gasteiger partial charge in [-0.2, -0.15) is 0 Å². The monoisotopic (exact) mass is 231 g/mol. The van der Waals surface area contributed by atoms with Crippen LogP contribution in [0.15, 0.2) is 42.6 Å². The van der Waals surface area contributed by atoms with Crippen LogP contribution in [0.5, 0.6) is 0 Å². The highest BCUT2D eigenvalue weighted by Crippen LogP contribution is 2.27. The zero-order valence-corrected chi connectivity index (χ0v) is 10.2. The molecular weight excluding hydrogens is 214 g/mol. The number of nitrogens with zero attached hydrogens (tertiary/aromatic N) is 1. The van der Waals surface area contributed by atoms with Crippen LogP contribution in [0.4, 0.5) is 4.79 Å². The first-order valence-electron chi connectivity index (χ1n) is 5.87. The van der Waals surface area contributed by atoms with E-state index in [1.165, 1.54) is 0 Å². The molecule has 17 heavy (non-hydrogen) atoms. The fraction of sp³-hybridized carbons (Fsp3) is 0.357. The van der Waals surface area contributed by atoms with Gasteiger partial charge in [0.2, 0.25) is 0 Å². The van der Waals surface area contributed by atoms with E-state index < -0.39 is 0 Å². The van der Waals surface area contributed by atoms with Crippen LogP contribution in [0.3, 0.4) is 0 Å². The molecule has 1 aromatic rings. The molecule has 3 heteroatoms. The number of carbonyl (C=O) groups is 1. The van der Waals surface area contributed by atoms with E-state index in [4.69, 9.17) is 4.74 Å². The molecule has 1 aliphatic heterocycles. The maximum absolute atomic E-state index is 11.6. The molecule has 1 atom stereocenters. The molecule has 0 aliphatic carbocycles. The largest absolute Gasteiger partial charge is 0.447 e. The van der Waals surface area contributed by atoms with Crippen molar-refractivity contribution in [1.29, 1.82) is 0 Å². The Labute approximate surface area is 102 Å². The van der Waals surface area contributed by atoms with Crippen LogP contribution in [0.2, 0.25) is 0 Å². The normalized spacial score (nSPS) is 20.3. The lowest BCUT2D eigenvalue weighted by Crippen LogP contribution is -2.21. The summed E-state index contributed by atoms with van der Waals surface area (Å²) in [7, 11) is 0. The quantitative estimate of drug-likeness (QED) is 0.798. The van der Waals surface area contributed by atoms with Gasteiger partial charge >= 0.3 is 6.09 Å². The molecule has 1 heterocycles. The Balaban J connectivity index is 2.20. The number of ether oxygens (including phenoxy) is 1. The second kappa shape index (κ2) is 5.04. The highest BCUT2D eigenvalue weighted by atomic mass is 16.6. The van der Waals surface area contributed by atoms with E-state index in [-0.39, 0.29) is 12.1 Å². The third-order valence-electron chi connectivity index (χ3n) is 2.73. The predicted molar refractivity (Wildman–Crippen MR) is 66.3 cm³/mol. The average molecular weight is 231 g/mol. The Bertz CT molecular complexity index is 411. The number of cyclic esters (lactones) is 1. The van der Waals surface area contributed by atoms with Crippen LogP contribution in [-0.2, 0) is 4.74 Å². The number of amides is 1. The highest BCUT2D eigenvalue weighted by Gasteiger charge is 2.32. The second-order valence-corrected chi connectivity index (χ2v) is 4.50. The minimum absolute atomic E-state index is 0.00120. The highest BCUT2D eigenvalue weighted by molar-refractivity contribution is 5.71. The fourth-order valence-corrected chi connectivity index (χ4v) is 1.79. The zero-order valence-electron chi connectivity index (χ0n) is 10.2. The molecule has 2 rings (SSSR count). The molecule has 90 valence electrons. The van der Waals surface area contributed by atoms with Gasteiger partial charge in [0, 0.05) is 6.20 Å². The molecule has 1 aromatic carbocycles.